The van der Waals surface area contributed by atoms with E-state index in [-0.39, 0.29) is 0 Å². The molecule has 13 aromatic carbocycles. The lowest BCUT2D eigenvalue weighted by Gasteiger charge is -2.16. The van der Waals surface area contributed by atoms with Gasteiger partial charge < -0.3 is 0 Å². The smallest absolute Gasteiger partial charge is 0.164 e. The van der Waals surface area contributed by atoms with Crippen LogP contribution in [0.1, 0.15) is 0 Å². The zero-order valence-electron chi connectivity index (χ0n) is 54.2. The van der Waals surface area contributed by atoms with Gasteiger partial charge >= 0.3 is 0 Å². The molecule has 0 radical (unpaired) electrons. The maximum Gasteiger partial charge on any atom is 0.164 e. The minimum atomic E-state index is 0.577. The molecule has 0 saturated heterocycles. The first-order valence-corrected chi connectivity index (χ1v) is 33.7. The first kappa shape index (κ1) is 59.0. The summed E-state index contributed by atoms with van der Waals surface area (Å²) in [5.74, 6) is 1.77. The third-order valence-electron chi connectivity index (χ3n) is 19.0. The van der Waals surface area contributed by atoms with E-state index in [0.29, 0.717) is 17.5 Å². The largest absolute Gasteiger partial charge is 0.254 e. The van der Waals surface area contributed by atoms with Gasteiger partial charge in [-0.15, -0.1) is 0 Å². The highest BCUT2D eigenvalue weighted by atomic mass is 15.0. The van der Waals surface area contributed by atoms with Crippen LogP contribution in [0.25, 0.3) is 189 Å². The van der Waals surface area contributed by atoms with Crippen LogP contribution in [0.2, 0.25) is 0 Å². The van der Waals surface area contributed by atoms with Crippen molar-refractivity contribution in [3.63, 3.8) is 0 Å². The van der Waals surface area contributed by atoms with E-state index in [9.17, 15) is 0 Å². The van der Waals surface area contributed by atoms with Crippen molar-refractivity contribution in [3.8, 4) is 146 Å². The molecule has 466 valence electrons. The Labute approximate surface area is 578 Å². The van der Waals surface area contributed by atoms with Gasteiger partial charge in [0.25, 0.3) is 0 Å². The minimum absolute atomic E-state index is 0.577. The van der Waals surface area contributed by atoms with E-state index >= 15 is 0 Å². The normalized spacial score (nSPS) is 11.4. The predicted molar refractivity (Wildman–Crippen MR) is 412 cm³/mol. The van der Waals surface area contributed by atoms with Gasteiger partial charge in [-0.2, -0.15) is 0 Å². The molecule has 0 saturated carbocycles. The predicted octanol–water partition coefficient (Wildman–Crippen LogP) is 23.7. The van der Waals surface area contributed by atoms with Gasteiger partial charge in [0.2, 0.25) is 0 Å². The highest BCUT2D eigenvalue weighted by Gasteiger charge is 2.21. The first-order chi connectivity index (χ1) is 49.5. The van der Waals surface area contributed by atoms with Crippen molar-refractivity contribution in [3.05, 3.63) is 358 Å². The molecule has 18 aromatic rings. The van der Waals surface area contributed by atoms with Crippen molar-refractivity contribution in [2.45, 2.75) is 0 Å². The summed E-state index contributed by atoms with van der Waals surface area (Å²) in [6.45, 7) is 0. The van der Waals surface area contributed by atoms with Crippen molar-refractivity contribution < 1.29 is 0 Å². The lowest BCUT2D eigenvalue weighted by atomic mass is 9.91. The summed E-state index contributed by atoms with van der Waals surface area (Å²) in [5.41, 5.74) is 25.2. The second-order valence-corrected chi connectivity index (χ2v) is 25.1. The van der Waals surface area contributed by atoms with E-state index in [1.807, 2.05) is 54.7 Å². The van der Waals surface area contributed by atoms with Gasteiger partial charge in [-0.05, 0) is 116 Å². The van der Waals surface area contributed by atoms with E-state index in [0.717, 1.165) is 155 Å². The van der Waals surface area contributed by atoms with Gasteiger partial charge in [-0.3, -0.25) is 4.98 Å². The number of hydrogen-bond donors (Lipinski definition) is 0. The molecule has 0 spiro atoms. The van der Waals surface area contributed by atoms with Gasteiger partial charge in [0.05, 0.1) is 39.5 Å². The fourth-order valence-corrected chi connectivity index (χ4v) is 14.1. The maximum atomic E-state index is 5.42. The highest BCUT2D eigenvalue weighted by molar-refractivity contribution is 6.18. The molecule has 18 rings (SSSR count). The fourth-order valence-electron chi connectivity index (χ4n) is 14.1. The van der Waals surface area contributed by atoms with Crippen LogP contribution in [0, 0.1) is 0 Å². The van der Waals surface area contributed by atoms with E-state index in [1.165, 1.54) is 16.5 Å². The third kappa shape index (κ3) is 11.2. The molecular formula is C93H59N7. The number of rotatable bonds is 13. The number of nitrogens with zero attached hydrogens (tertiary/aromatic N) is 7. The second kappa shape index (κ2) is 25.6. The van der Waals surface area contributed by atoms with Crippen LogP contribution in [0.4, 0.5) is 0 Å². The number of benzene rings is 13. The number of hydrogen-bond acceptors (Lipinski definition) is 7. The van der Waals surface area contributed by atoms with Crippen molar-refractivity contribution in [2.24, 2.45) is 0 Å². The monoisotopic (exact) mass is 1270 g/mol. The molecule has 0 bridgehead atoms. The quantitative estimate of drug-likeness (QED) is 0.106. The number of pyridine rings is 4. The molecule has 0 aliphatic rings. The van der Waals surface area contributed by atoms with Gasteiger partial charge in [-0.25, -0.2) is 29.9 Å². The summed E-state index contributed by atoms with van der Waals surface area (Å²) in [5, 5.41) is 6.75. The van der Waals surface area contributed by atoms with E-state index < -0.39 is 0 Å². The Balaban J connectivity index is 0.648. The van der Waals surface area contributed by atoms with Crippen LogP contribution in [-0.4, -0.2) is 34.9 Å². The van der Waals surface area contributed by atoms with Gasteiger partial charge in [0, 0.05) is 77.5 Å². The highest BCUT2D eigenvalue weighted by Crippen LogP contribution is 2.43. The SMILES string of the molecule is c1ccc(-c2cc(-c3ccccc3)cc(-c3nc(-c4ccccc4)nc(-c4ccc(-c5nc6ccccc6c6c(-c7cccc(-c8cccnc8-c8cccc(-c9ccc(-c%10ccc(-c%11nc%12ccccc%12c%12c(-c%13ccccc%13)cccc%11%12)cc%10)cc9)n8)c7)cccc56)cc4)n3)c2)cc1. The molecule has 0 aliphatic carbocycles. The average Bonchev–Trinajstić information content (AvgIpc) is 0.752. The standard InChI is InChI=1S/C93H59N7/c1-5-22-60(23-6-1)72-57-73(61-24-7-2-8-25-61)59-74(58-72)93-99-91(68-28-11-4-12-29-68)98-92(100-93)69-53-51-67(52-54-69)89-81-37-19-35-76(87(81)79-33-14-16-40-84(79)97-89)70-30-17-31-71(56-70)77-38-21-55-94-90(77)85-42-20-41-82(95-85)65-47-43-62(44-48-65)63-45-49-66(50-46-63)88-80-36-18-34-75(64-26-9-3-10-27-64)86(80)78-32-13-15-39-83(78)96-88/h1-59H. The Bertz CT molecular complexity index is 6050. The lowest BCUT2D eigenvalue weighted by Crippen LogP contribution is -2.00. The van der Waals surface area contributed by atoms with Crippen molar-refractivity contribution >= 4 is 43.4 Å². The molecule has 0 fully saturated rings. The van der Waals surface area contributed by atoms with Crippen LogP contribution < -0.4 is 0 Å². The summed E-state index contributed by atoms with van der Waals surface area (Å²) < 4.78 is 0. The van der Waals surface area contributed by atoms with Crippen molar-refractivity contribution in [1.29, 1.82) is 0 Å². The average molecular weight is 1270 g/mol. The molecule has 0 amide bonds. The summed E-state index contributed by atoms with van der Waals surface area (Å²) in [6.07, 6.45) is 1.85. The van der Waals surface area contributed by atoms with Crippen LogP contribution in [0.3, 0.4) is 0 Å². The van der Waals surface area contributed by atoms with Gasteiger partial charge in [0.15, 0.2) is 17.5 Å². The molecule has 0 N–H and O–H groups in total. The Hall–Kier alpha value is -13.5. The summed E-state index contributed by atoms with van der Waals surface area (Å²) in [6, 6.07) is 124. The summed E-state index contributed by atoms with van der Waals surface area (Å²) in [4.78, 5) is 36.6. The molecule has 7 nitrogen and oxygen atoms in total. The number of para-hydroxylation sites is 2. The second-order valence-electron chi connectivity index (χ2n) is 25.1. The zero-order valence-corrected chi connectivity index (χ0v) is 54.2. The topological polar surface area (TPSA) is 90.2 Å². The minimum Gasteiger partial charge on any atom is -0.254 e. The molecule has 5 aromatic heterocycles. The molecule has 100 heavy (non-hydrogen) atoms. The van der Waals surface area contributed by atoms with Crippen LogP contribution in [0.5, 0.6) is 0 Å². The molecular weight excluding hydrogens is 1220 g/mol. The van der Waals surface area contributed by atoms with Crippen LogP contribution >= 0.6 is 0 Å². The number of fused-ring (bicyclic) bond motifs is 6. The van der Waals surface area contributed by atoms with E-state index in [2.05, 4.69) is 303 Å². The maximum absolute atomic E-state index is 5.42. The molecule has 0 unspecified atom stereocenters. The van der Waals surface area contributed by atoms with Crippen molar-refractivity contribution in [2.75, 3.05) is 0 Å². The Morgan fingerprint density at radius 3 is 1.07 bits per heavy atom. The molecule has 0 atom stereocenters. The van der Waals surface area contributed by atoms with E-state index in [4.69, 9.17) is 34.9 Å². The summed E-state index contributed by atoms with van der Waals surface area (Å²) in [7, 11) is 0. The van der Waals surface area contributed by atoms with E-state index in [1.54, 1.807) is 0 Å². The van der Waals surface area contributed by atoms with Crippen LogP contribution in [0.15, 0.2) is 358 Å². The van der Waals surface area contributed by atoms with Crippen LogP contribution in [-0.2, 0) is 0 Å². The molecule has 7 heteroatoms. The fraction of sp³-hybridized carbons (Fsp3) is 0. The lowest BCUT2D eigenvalue weighted by molar-refractivity contribution is 1.07. The summed E-state index contributed by atoms with van der Waals surface area (Å²) >= 11 is 0. The molecule has 0 aliphatic heterocycles. The Morgan fingerprint density at radius 1 is 0.170 bits per heavy atom. The van der Waals surface area contributed by atoms with Gasteiger partial charge in [0.1, 0.15) is 0 Å². The van der Waals surface area contributed by atoms with Gasteiger partial charge in [-0.1, -0.05) is 297 Å². The molecule has 5 heterocycles. The Kier molecular flexibility index (Phi) is 15.1. The Morgan fingerprint density at radius 2 is 0.520 bits per heavy atom. The number of aromatic nitrogens is 7. The first-order valence-electron chi connectivity index (χ1n) is 33.7. The zero-order chi connectivity index (χ0) is 66.3. The van der Waals surface area contributed by atoms with Crippen molar-refractivity contribution in [1.82, 2.24) is 34.9 Å². The third-order valence-corrected chi connectivity index (χ3v) is 19.0.